The van der Waals surface area contributed by atoms with Gasteiger partial charge in [-0.3, -0.25) is 9.78 Å². The summed E-state index contributed by atoms with van der Waals surface area (Å²) in [5.74, 6) is 0.0515. The van der Waals surface area contributed by atoms with Crippen molar-refractivity contribution in [2.45, 2.75) is 18.9 Å². The van der Waals surface area contributed by atoms with Crippen LogP contribution in [0.25, 0.3) is 0 Å². The lowest BCUT2D eigenvalue weighted by atomic mass is 10.2. The monoisotopic (exact) mass is 189 g/mol. The number of likely N-dealkylation sites (tertiary alicyclic amines) is 1. The van der Waals surface area contributed by atoms with E-state index in [1.807, 2.05) is 4.90 Å². The van der Waals surface area contributed by atoms with Crippen LogP contribution in [0.4, 0.5) is 0 Å². The molecule has 3 nitrogen and oxygen atoms in total. The summed E-state index contributed by atoms with van der Waals surface area (Å²) in [5.41, 5.74) is 0.656. The third kappa shape index (κ3) is 1.62. The molecule has 1 aliphatic heterocycles. The number of amides is 1. The van der Waals surface area contributed by atoms with Gasteiger partial charge in [-0.25, -0.2) is 0 Å². The molecule has 3 heteroatoms. The normalized spacial score (nSPS) is 21.2. The molecule has 0 aromatic carbocycles. The smallest absolute Gasteiger partial charge is 0.255 e. The minimum Gasteiger partial charge on any atom is -0.336 e. The van der Waals surface area contributed by atoms with Crippen LogP contribution in [-0.2, 0) is 0 Å². The lowest BCUT2D eigenvalue weighted by molar-refractivity contribution is 0.0760. The van der Waals surface area contributed by atoms with E-state index in [1.165, 1.54) is 0 Å². The first kappa shape index (κ1) is 9.19. The zero-order valence-corrected chi connectivity index (χ0v) is 8.02. The van der Waals surface area contributed by atoms with Crippen LogP contribution < -0.4 is 0 Å². The summed E-state index contributed by atoms with van der Waals surface area (Å²) in [6.07, 6.45) is 5.34. The van der Waals surface area contributed by atoms with Crippen LogP contribution in [0, 0.1) is 6.92 Å². The van der Waals surface area contributed by atoms with Gasteiger partial charge in [0.05, 0.1) is 5.56 Å². The van der Waals surface area contributed by atoms with Gasteiger partial charge in [-0.05, 0) is 31.9 Å². The van der Waals surface area contributed by atoms with Crippen LogP contribution in [0.5, 0.6) is 0 Å². The third-order valence-electron chi connectivity index (χ3n) is 2.55. The van der Waals surface area contributed by atoms with Crippen molar-refractivity contribution in [3.05, 3.63) is 37.0 Å². The van der Waals surface area contributed by atoms with E-state index < -0.39 is 0 Å². The van der Waals surface area contributed by atoms with Crippen molar-refractivity contribution in [2.75, 3.05) is 6.54 Å². The first-order valence-electron chi connectivity index (χ1n) is 4.83. The van der Waals surface area contributed by atoms with Gasteiger partial charge >= 0.3 is 0 Å². The Morgan fingerprint density at radius 3 is 3.07 bits per heavy atom. The number of nitrogens with zero attached hydrogens (tertiary/aromatic N) is 2. The van der Waals surface area contributed by atoms with E-state index in [0.717, 1.165) is 19.4 Å². The molecule has 1 aromatic heterocycles. The number of carbonyl (C=O) groups excluding carboxylic acids is 1. The summed E-state index contributed by atoms with van der Waals surface area (Å²) in [4.78, 5) is 17.7. The number of rotatable bonds is 1. The lowest BCUT2D eigenvalue weighted by Gasteiger charge is -2.20. The second-order valence-electron chi connectivity index (χ2n) is 3.54. The Labute approximate surface area is 83.8 Å². The van der Waals surface area contributed by atoms with Gasteiger partial charge in [0.25, 0.3) is 5.91 Å². The summed E-state index contributed by atoms with van der Waals surface area (Å²) in [5, 5.41) is 0. The van der Waals surface area contributed by atoms with Crippen molar-refractivity contribution < 1.29 is 4.79 Å². The molecule has 1 fully saturated rings. The van der Waals surface area contributed by atoms with Crippen LogP contribution in [0.15, 0.2) is 24.5 Å². The number of aromatic nitrogens is 1. The molecule has 0 unspecified atom stereocenters. The predicted molar refractivity (Wildman–Crippen MR) is 53.7 cm³/mol. The van der Waals surface area contributed by atoms with E-state index in [-0.39, 0.29) is 11.9 Å². The van der Waals surface area contributed by atoms with Gasteiger partial charge in [0.15, 0.2) is 0 Å². The van der Waals surface area contributed by atoms with Crippen molar-refractivity contribution in [3.8, 4) is 0 Å². The molecule has 1 saturated heterocycles. The Kier molecular flexibility index (Phi) is 2.48. The van der Waals surface area contributed by atoms with Crippen molar-refractivity contribution in [1.29, 1.82) is 0 Å². The zero-order chi connectivity index (χ0) is 9.97. The van der Waals surface area contributed by atoms with Crippen LogP contribution in [-0.4, -0.2) is 28.4 Å². The first-order chi connectivity index (χ1) is 6.79. The molecule has 0 bridgehead atoms. The van der Waals surface area contributed by atoms with Crippen molar-refractivity contribution >= 4 is 5.91 Å². The van der Waals surface area contributed by atoms with E-state index in [2.05, 4.69) is 11.9 Å². The molecular formula is C11H13N2O. The van der Waals surface area contributed by atoms with E-state index in [9.17, 15) is 4.79 Å². The summed E-state index contributed by atoms with van der Waals surface area (Å²) in [7, 11) is 0. The van der Waals surface area contributed by atoms with Crippen LogP contribution in [0.3, 0.4) is 0 Å². The summed E-state index contributed by atoms with van der Waals surface area (Å²) in [6, 6.07) is 3.70. The number of carbonyl (C=O) groups is 1. The molecule has 73 valence electrons. The van der Waals surface area contributed by atoms with Crippen LogP contribution in [0.1, 0.15) is 23.2 Å². The standard InChI is InChI=1S/C11H13N2O/c1-9-4-3-7-13(9)11(14)10-5-2-6-12-8-10/h2,5-6,8-9H,1,3-4,7H2/t9-/m0/s1. The average molecular weight is 189 g/mol. The molecule has 1 amide bonds. The van der Waals surface area contributed by atoms with Crippen molar-refractivity contribution in [1.82, 2.24) is 9.88 Å². The highest BCUT2D eigenvalue weighted by Crippen LogP contribution is 2.18. The van der Waals surface area contributed by atoms with Gasteiger partial charge in [-0.1, -0.05) is 0 Å². The second-order valence-corrected chi connectivity index (χ2v) is 3.54. The molecule has 2 heterocycles. The van der Waals surface area contributed by atoms with E-state index in [0.29, 0.717) is 5.56 Å². The molecule has 2 rings (SSSR count). The quantitative estimate of drug-likeness (QED) is 0.671. The third-order valence-corrected chi connectivity index (χ3v) is 2.55. The minimum atomic E-state index is 0.0515. The summed E-state index contributed by atoms with van der Waals surface area (Å²) >= 11 is 0. The Balaban J connectivity index is 2.16. The summed E-state index contributed by atoms with van der Waals surface area (Å²) in [6.45, 7) is 4.77. The molecule has 14 heavy (non-hydrogen) atoms. The molecule has 0 N–H and O–H groups in total. The fourth-order valence-corrected chi connectivity index (χ4v) is 1.76. The maximum absolute atomic E-state index is 11.9. The van der Waals surface area contributed by atoms with Gasteiger partial charge in [0.2, 0.25) is 0 Å². The highest BCUT2D eigenvalue weighted by atomic mass is 16.2. The topological polar surface area (TPSA) is 33.2 Å². The SMILES string of the molecule is [CH2][C@H]1CCCN1C(=O)c1cccnc1. The van der Waals surface area contributed by atoms with Gasteiger partial charge < -0.3 is 4.90 Å². The molecule has 1 aromatic rings. The second kappa shape index (κ2) is 3.78. The van der Waals surface area contributed by atoms with Gasteiger partial charge in [-0.15, -0.1) is 0 Å². The zero-order valence-electron chi connectivity index (χ0n) is 8.02. The molecule has 0 spiro atoms. The van der Waals surface area contributed by atoms with E-state index >= 15 is 0 Å². The fraction of sp³-hybridized carbons (Fsp3) is 0.364. The highest BCUT2D eigenvalue weighted by Gasteiger charge is 2.25. The minimum absolute atomic E-state index is 0.0515. The van der Waals surface area contributed by atoms with Crippen molar-refractivity contribution in [3.63, 3.8) is 0 Å². The largest absolute Gasteiger partial charge is 0.336 e. The molecule has 1 atom stereocenters. The molecular weight excluding hydrogens is 176 g/mol. The fourth-order valence-electron chi connectivity index (χ4n) is 1.76. The molecule has 1 radical (unpaired) electrons. The average Bonchev–Trinajstić information content (AvgIpc) is 2.65. The van der Waals surface area contributed by atoms with Crippen LogP contribution in [0.2, 0.25) is 0 Å². The van der Waals surface area contributed by atoms with Gasteiger partial charge in [0.1, 0.15) is 0 Å². The predicted octanol–water partition coefficient (Wildman–Crippen LogP) is 1.52. The summed E-state index contributed by atoms with van der Waals surface area (Å²) < 4.78 is 0. The Morgan fingerprint density at radius 1 is 1.64 bits per heavy atom. The molecule has 1 aliphatic rings. The van der Waals surface area contributed by atoms with E-state index in [4.69, 9.17) is 0 Å². The number of pyridine rings is 1. The molecule has 0 saturated carbocycles. The van der Waals surface area contributed by atoms with Gasteiger partial charge in [0, 0.05) is 25.0 Å². The number of hydrogen-bond donors (Lipinski definition) is 0. The van der Waals surface area contributed by atoms with Crippen LogP contribution >= 0.6 is 0 Å². The maximum Gasteiger partial charge on any atom is 0.255 e. The Bertz CT molecular complexity index is 323. The highest BCUT2D eigenvalue weighted by molar-refractivity contribution is 5.94. The van der Waals surface area contributed by atoms with E-state index in [1.54, 1.807) is 24.5 Å². The van der Waals surface area contributed by atoms with Gasteiger partial charge in [-0.2, -0.15) is 0 Å². The number of hydrogen-bond acceptors (Lipinski definition) is 2. The first-order valence-corrected chi connectivity index (χ1v) is 4.83. The maximum atomic E-state index is 11.9. The Hall–Kier alpha value is -1.38. The Morgan fingerprint density at radius 2 is 2.50 bits per heavy atom. The van der Waals surface area contributed by atoms with Crippen molar-refractivity contribution in [2.24, 2.45) is 0 Å². The molecule has 0 aliphatic carbocycles. The lowest BCUT2D eigenvalue weighted by Crippen LogP contribution is -2.33.